The molecule has 0 aliphatic rings. The minimum atomic E-state index is -3.97. The number of hydrogen-bond acceptors (Lipinski definition) is 7. The van der Waals surface area contributed by atoms with Crippen molar-refractivity contribution in [2.75, 3.05) is 28.4 Å². The third-order valence-corrected chi connectivity index (χ3v) is 6.33. The average molecular weight is 474 g/mol. The van der Waals surface area contributed by atoms with E-state index >= 15 is 0 Å². The Kier molecular flexibility index (Phi) is 8.02. The maximum Gasteiger partial charge on any atom is 0.248 e. The van der Waals surface area contributed by atoms with Gasteiger partial charge in [0.05, 0.1) is 28.4 Å². The Labute approximate surface area is 194 Å². The lowest BCUT2D eigenvalue weighted by Gasteiger charge is -2.16. The van der Waals surface area contributed by atoms with Crippen molar-refractivity contribution < 1.29 is 32.1 Å². The molecule has 0 amide bonds. The van der Waals surface area contributed by atoms with Crippen LogP contribution >= 0.6 is 0 Å². The molecule has 3 aromatic rings. The molecule has 0 aliphatic heterocycles. The van der Waals surface area contributed by atoms with Gasteiger partial charge in [-0.05, 0) is 23.3 Å². The van der Waals surface area contributed by atoms with Crippen LogP contribution in [0, 0.1) is 0 Å². The smallest absolute Gasteiger partial charge is 0.248 e. The van der Waals surface area contributed by atoms with Crippen molar-refractivity contribution in [2.45, 2.75) is 18.0 Å². The highest BCUT2D eigenvalue weighted by Crippen LogP contribution is 2.37. The minimum absolute atomic E-state index is 0.0238. The fourth-order valence-electron chi connectivity index (χ4n) is 3.17. The Balaban J connectivity index is 1.77. The second kappa shape index (κ2) is 10.9. The van der Waals surface area contributed by atoms with Crippen LogP contribution in [-0.2, 0) is 23.2 Å². The molecule has 1 N–H and O–H groups in total. The van der Waals surface area contributed by atoms with E-state index in [1.54, 1.807) is 18.2 Å². The number of rotatable bonds is 11. The Morgan fingerprint density at radius 3 is 1.91 bits per heavy atom. The largest absolute Gasteiger partial charge is 0.496 e. The van der Waals surface area contributed by atoms with Crippen LogP contribution in [0.25, 0.3) is 0 Å². The Morgan fingerprint density at radius 1 is 0.697 bits per heavy atom. The van der Waals surface area contributed by atoms with E-state index in [2.05, 4.69) is 4.72 Å². The fraction of sp³-hybridized carbons (Fsp3) is 0.250. The first kappa shape index (κ1) is 24.2. The summed E-state index contributed by atoms with van der Waals surface area (Å²) < 4.78 is 55.7. The normalized spacial score (nSPS) is 11.0. The summed E-state index contributed by atoms with van der Waals surface area (Å²) in [5.41, 5.74) is 1.72. The van der Waals surface area contributed by atoms with E-state index < -0.39 is 10.0 Å². The van der Waals surface area contributed by atoms with E-state index in [0.717, 1.165) is 5.56 Å². The molecule has 0 fully saturated rings. The molecular formula is C24H27NO7S. The van der Waals surface area contributed by atoms with E-state index in [1.165, 1.54) is 40.6 Å². The van der Waals surface area contributed by atoms with E-state index in [4.69, 9.17) is 23.7 Å². The van der Waals surface area contributed by atoms with Crippen LogP contribution in [0.3, 0.4) is 0 Å². The van der Waals surface area contributed by atoms with E-state index in [9.17, 15) is 8.42 Å². The van der Waals surface area contributed by atoms with Gasteiger partial charge in [-0.3, -0.25) is 0 Å². The summed E-state index contributed by atoms with van der Waals surface area (Å²) in [6, 6.07) is 18.0. The molecule has 3 rings (SSSR count). The quantitative estimate of drug-likeness (QED) is 0.453. The Morgan fingerprint density at radius 2 is 1.33 bits per heavy atom. The molecule has 0 aliphatic carbocycles. The first-order valence-corrected chi connectivity index (χ1v) is 11.5. The zero-order valence-electron chi connectivity index (χ0n) is 19.0. The van der Waals surface area contributed by atoms with Crippen LogP contribution in [0.2, 0.25) is 0 Å². The first-order valence-electron chi connectivity index (χ1n) is 10.0. The van der Waals surface area contributed by atoms with Gasteiger partial charge in [-0.2, -0.15) is 0 Å². The highest BCUT2D eigenvalue weighted by atomic mass is 32.2. The summed E-state index contributed by atoms with van der Waals surface area (Å²) in [6.45, 7) is 0.413. The molecule has 0 unspecified atom stereocenters. The fourth-order valence-corrected chi connectivity index (χ4v) is 4.48. The number of hydrogen-bond donors (Lipinski definition) is 1. The predicted molar refractivity (Wildman–Crippen MR) is 124 cm³/mol. The molecule has 33 heavy (non-hydrogen) atoms. The summed E-state index contributed by atoms with van der Waals surface area (Å²) in [5, 5.41) is 0. The van der Waals surface area contributed by atoms with Gasteiger partial charge in [0.25, 0.3) is 0 Å². The summed E-state index contributed by atoms with van der Waals surface area (Å²) in [5.74, 6) is 1.70. The molecule has 0 saturated heterocycles. The zero-order chi connectivity index (χ0) is 23.8. The van der Waals surface area contributed by atoms with Gasteiger partial charge in [0.15, 0.2) is 16.4 Å². The van der Waals surface area contributed by atoms with E-state index in [1.807, 2.05) is 30.3 Å². The highest BCUT2D eigenvalue weighted by Gasteiger charge is 2.26. The number of benzene rings is 3. The van der Waals surface area contributed by atoms with Crippen molar-refractivity contribution in [1.29, 1.82) is 0 Å². The molecule has 0 saturated carbocycles. The molecule has 0 bridgehead atoms. The highest BCUT2D eigenvalue weighted by molar-refractivity contribution is 7.89. The van der Waals surface area contributed by atoms with Crippen LogP contribution in [0.4, 0.5) is 0 Å². The molecule has 8 nitrogen and oxygen atoms in total. The standard InChI is InChI=1S/C24H27NO7S/c1-28-19-13-22(30-3)24(23(14-19)31-4)33(26,27)25-15-18-10-11-20(21(12-18)29-2)32-16-17-8-6-5-7-9-17/h5-14,25H,15-16H2,1-4H3. The summed E-state index contributed by atoms with van der Waals surface area (Å²) >= 11 is 0. The molecular weight excluding hydrogens is 446 g/mol. The first-order chi connectivity index (χ1) is 15.9. The lowest BCUT2D eigenvalue weighted by molar-refractivity contribution is 0.284. The number of ether oxygens (including phenoxy) is 5. The van der Waals surface area contributed by atoms with Crippen molar-refractivity contribution >= 4 is 10.0 Å². The topological polar surface area (TPSA) is 92.3 Å². The van der Waals surface area contributed by atoms with Crippen molar-refractivity contribution in [3.63, 3.8) is 0 Å². The van der Waals surface area contributed by atoms with Crippen molar-refractivity contribution in [1.82, 2.24) is 4.72 Å². The third kappa shape index (κ3) is 5.88. The van der Waals surface area contributed by atoms with Gasteiger partial charge < -0.3 is 23.7 Å². The van der Waals surface area contributed by atoms with Gasteiger partial charge in [-0.25, -0.2) is 13.1 Å². The lowest BCUT2D eigenvalue weighted by Crippen LogP contribution is -2.24. The lowest BCUT2D eigenvalue weighted by atomic mass is 10.2. The Hall–Kier alpha value is -3.43. The summed E-state index contributed by atoms with van der Waals surface area (Å²) in [4.78, 5) is -0.108. The maximum absolute atomic E-state index is 13.1. The zero-order valence-corrected chi connectivity index (χ0v) is 19.8. The predicted octanol–water partition coefficient (Wildman–Crippen LogP) is 3.78. The van der Waals surface area contributed by atoms with Gasteiger partial charge in [0.1, 0.15) is 23.9 Å². The van der Waals surface area contributed by atoms with Crippen LogP contribution in [-0.4, -0.2) is 36.9 Å². The number of sulfonamides is 1. The average Bonchev–Trinajstić information content (AvgIpc) is 2.86. The van der Waals surface area contributed by atoms with E-state index in [-0.39, 0.29) is 22.9 Å². The molecule has 0 atom stereocenters. The van der Waals surface area contributed by atoms with Gasteiger partial charge in [0, 0.05) is 18.7 Å². The SMILES string of the molecule is COc1cc(OC)c(S(=O)(=O)NCc2ccc(OCc3ccccc3)c(OC)c2)c(OC)c1. The van der Waals surface area contributed by atoms with Crippen molar-refractivity contribution in [3.8, 4) is 28.7 Å². The summed E-state index contributed by atoms with van der Waals surface area (Å²) in [7, 11) is 1.80. The van der Waals surface area contributed by atoms with Crippen LogP contribution < -0.4 is 28.4 Å². The molecule has 0 aromatic heterocycles. The second-order valence-electron chi connectivity index (χ2n) is 6.95. The van der Waals surface area contributed by atoms with Gasteiger partial charge in [0.2, 0.25) is 10.0 Å². The molecule has 0 radical (unpaired) electrons. The molecule has 3 aromatic carbocycles. The monoisotopic (exact) mass is 473 g/mol. The number of nitrogens with one attached hydrogen (secondary N) is 1. The van der Waals surface area contributed by atoms with Crippen LogP contribution in [0.15, 0.2) is 65.6 Å². The van der Waals surface area contributed by atoms with E-state index in [0.29, 0.717) is 29.4 Å². The molecule has 9 heteroatoms. The molecule has 0 spiro atoms. The molecule has 176 valence electrons. The summed E-state index contributed by atoms with van der Waals surface area (Å²) in [6.07, 6.45) is 0. The second-order valence-corrected chi connectivity index (χ2v) is 8.65. The van der Waals surface area contributed by atoms with Gasteiger partial charge >= 0.3 is 0 Å². The van der Waals surface area contributed by atoms with Crippen LogP contribution in [0.1, 0.15) is 11.1 Å². The Bertz CT molecular complexity index is 1160. The number of methoxy groups -OCH3 is 4. The third-order valence-electron chi connectivity index (χ3n) is 4.87. The van der Waals surface area contributed by atoms with Crippen molar-refractivity contribution in [2.24, 2.45) is 0 Å². The van der Waals surface area contributed by atoms with Crippen LogP contribution in [0.5, 0.6) is 28.7 Å². The van der Waals surface area contributed by atoms with Gasteiger partial charge in [-0.15, -0.1) is 0 Å². The molecule has 0 heterocycles. The minimum Gasteiger partial charge on any atom is -0.496 e. The van der Waals surface area contributed by atoms with Crippen molar-refractivity contribution in [3.05, 3.63) is 71.8 Å². The maximum atomic E-state index is 13.1. The van der Waals surface area contributed by atoms with Gasteiger partial charge in [-0.1, -0.05) is 36.4 Å².